The molecule has 4 heteroatoms. The van der Waals surface area contributed by atoms with Gasteiger partial charge in [-0.15, -0.1) is 0 Å². The zero-order chi connectivity index (χ0) is 14.1. The van der Waals surface area contributed by atoms with Crippen LogP contribution in [0.15, 0.2) is 24.3 Å². The highest BCUT2D eigenvalue weighted by atomic mass is 16.2. The van der Waals surface area contributed by atoms with Crippen LogP contribution in [0.5, 0.6) is 0 Å². The lowest BCUT2D eigenvalue weighted by atomic mass is 10.1. The van der Waals surface area contributed by atoms with Gasteiger partial charge in [0.2, 0.25) is 11.8 Å². The molecule has 1 aromatic carbocycles. The van der Waals surface area contributed by atoms with E-state index in [1.54, 1.807) is 4.90 Å². The molecule has 0 aliphatic carbocycles. The minimum absolute atomic E-state index is 0.0347. The molecule has 3 rings (SSSR count). The second-order valence-electron chi connectivity index (χ2n) is 5.50. The van der Waals surface area contributed by atoms with Crippen LogP contribution in [-0.4, -0.2) is 35.8 Å². The number of hydrogen-bond donors (Lipinski definition) is 0. The maximum Gasteiger partial charge on any atom is 0.246 e. The summed E-state index contributed by atoms with van der Waals surface area (Å²) in [5, 5.41) is 0. The average molecular weight is 272 g/mol. The monoisotopic (exact) mass is 272 g/mol. The highest BCUT2D eigenvalue weighted by Crippen LogP contribution is 2.33. The number of rotatable bonds is 2. The molecule has 2 heterocycles. The van der Waals surface area contributed by atoms with Crippen molar-refractivity contribution in [1.29, 1.82) is 0 Å². The molecule has 106 valence electrons. The van der Waals surface area contributed by atoms with Crippen molar-refractivity contribution in [1.82, 2.24) is 4.90 Å². The van der Waals surface area contributed by atoms with E-state index in [0.717, 1.165) is 37.2 Å². The van der Waals surface area contributed by atoms with E-state index in [-0.39, 0.29) is 17.9 Å². The number of likely N-dealkylation sites (tertiary alicyclic amines) is 1. The largest absolute Gasteiger partial charge is 0.341 e. The third-order valence-electron chi connectivity index (χ3n) is 4.25. The van der Waals surface area contributed by atoms with E-state index >= 15 is 0 Å². The molecule has 0 aromatic heterocycles. The molecular formula is C16H20N2O2. The Morgan fingerprint density at radius 2 is 1.90 bits per heavy atom. The zero-order valence-corrected chi connectivity index (χ0v) is 11.8. The standard InChI is InChI=1S/C16H20N2O2/c1-2-15(19)18-13-8-4-3-7-12(13)11-14(18)16(20)17-9-5-6-10-17/h3-4,7-8,14H,2,5-6,9-11H2,1H3. The Balaban J connectivity index is 1.91. The van der Waals surface area contributed by atoms with E-state index < -0.39 is 0 Å². The van der Waals surface area contributed by atoms with Gasteiger partial charge in [0.15, 0.2) is 0 Å². The first-order chi connectivity index (χ1) is 9.72. The number of fused-ring (bicyclic) bond motifs is 1. The van der Waals surface area contributed by atoms with E-state index in [0.29, 0.717) is 12.8 Å². The maximum absolute atomic E-state index is 12.7. The summed E-state index contributed by atoms with van der Waals surface area (Å²) in [6.07, 6.45) is 3.23. The number of para-hydroxylation sites is 1. The van der Waals surface area contributed by atoms with E-state index in [1.165, 1.54) is 0 Å². The molecule has 2 aliphatic heterocycles. The number of carbonyl (C=O) groups excluding carboxylic acids is 2. The molecule has 4 nitrogen and oxygen atoms in total. The van der Waals surface area contributed by atoms with Crippen LogP contribution >= 0.6 is 0 Å². The molecule has 1 saturated heterocycles. The minimum atomic E-state index is -0.335. The Hall–Kier alpha value is -1.84. The number of anilines is 1. The average Bonchev–Trinajstić information content (AvgIpc) is 3.12. The van der Waals surface area contributed by atoms with Gasteiger partial charge in [-0.2, -0.15) is 0 Å². The van der Waals surface area contributed by atoms with Crippen molar-refractivity contribution in [2.24, 2.45) is 0 Å². The van der Waals surface area contributed by atoms with Crippen molar-refractivity contribution in [3.63, 3.8) is 0 Å². The third-order valence-corrected chi connectivity index (χ3v) is 4.25. The first-order valence-electron chi connectivity index (χ1n) is 7.41. The zero-order valence-electron chi connectivity index (χ0n) is 11.8. The van der Waals surface area contributed by atoms with E-state index in [9.17, 15) is 9.59 Å². The van der Waals surface area contributed by atoms with E-state index in [1.807, 2.05) is 36.1 Å². The van der Waals surface area contributed by atoms with Gasteiger partial charge in [0, 0.05) is 31.6 Å². The van der Waals surface area contributed by atoms with Gasteiger partial charge in [0.05, 0.1) is 0 Å². The number of nitrogens with zero attached hydrogens (tertiary/aromatic N) is 2. The topological polar surface area (TPSA) is 40.6 Å². The van der Waals surface area contributed by atoms with Gasteiger partial charge in [-0.05, 0) is 24.5 Å². The van der Waals surface area contributed by atoms with Crippen LogP contribution in [0, 0.1) is 0 Å². The number of carbonyl (C=O) groups is 2. The lowest BCUT2D eigenvalue weighted by molar-refractivity contribution is -0.133. The van der Waals surface area contributed by atoms with Crippen LogP contribution in [0.4, 0.5) is 5.69 Å². The first-order valence-corrected chi connectivity index (χ1v) is 7.41. The molecule has 0 bridgehead atoms. The van der Waals surface area contributed by atoms with Gasteiger partial charge >= 0.3 is 0 Å². The van der Waals surface area contributed by atoms with Crippen molar-refractivity contribution >= 4 is 17.5 Å². The summed E-state index contributed by atoms with van der Waals surface area (Å²) in [6, 6.07) is 7.52. The molecule has 20 heavy (non-hydrogen) atoms. The van der Waals surface area contributed by atoms with Gasteiger partial charge < -0.3 is 4.90 Å². The van der Waals surface area contributed by atoms with Crippen LogP contribution in [-0.2, 0) is 16.0 Å². The van der Waals surface area contributed by atoms with Crippen LogP contribution in [0.2, 0.25) is 0 Å². The Morgan fingerprint density at radius 1 is 1.20 bits per heavy atom. The van der Waals surface area contributed by atoms with Gasteiger partial charge in [-0.1, -0.05) is 25.1 Å². The fourth-order valence-electron chi connectivity index (χ4n) is 3.21. The van der Waals surface area contributed by atoms with Crippen molar-refractivity contribution in [3.8, 4) is 0 Å². The predicted molar refractivity (Wildman–Crippen MR) is 77.5 cm³/mol. The second kappa shape index (κ2) is 5.27. The van der Waals surface area contributed by atoms with Crippen LogP contribution in [0.3, 0.4) is 0 Å². The Bertz CT molecular complexity index is 535. The van der Waals surface area contributed by atoms with Gasteiger partial charge in [0.25, 0.3) is 0 Å². The molecular weight excluding hydrogens is 252 g/mol. The Labute approximate surface area is 119 Å². The SMILES string of the molecule is CCC(=O)N1c2ccccc2CC1C(=O)N1CCCC1. The van der Waals surface area contributed by atoms with Crippen molar-refractivity contribution in [3.05, 3.63) is 29.8 Å². The normalized spacial score (nSPS) is 21.1. The molecule has 1 unspecified atom stereocenters. The molecule has 2 aliphatic rings. The lowest BCUT2D eigenvalue weighted by Gasteiger charge is -2.28. The molecule has 0 N–H and O–H groups in total. The first kappa shape index (κ1) is 13.2. The smallest absolute Gasteiger partial charge is 0.246 e. The summed E-state index contributed by atoms with van der Waals surface area (Å²) in [5.41, 5.74) is 2.02. The molecule has 1 atom stereocenters. The molecule has 0 saturated carbocycles. The van der Waals surface area contributed by atoms with Gasteiger partial charge in [-0.3, -0.25) is 14.5 Å². The maximum atomic E-state index is 12.7. The molecule has 0 radical (unpaired) electrons. The minimum Gasteiger partial charge on any atom is -0.341 e. The van der Waals surface area contributed by atoms with Crippen LogP contribution in [0.1, 0.15) is 31.7 Å². The van der Waals surface area contributed by atoms with Crippen molar-refractivity contribution < 1.29 is 9.59 Å². The Morgan fingerprint density at radius 3 is 2.60 bits per heavy atom. The highest BCUT2D eigenvalue weighted by Gasteiger charge is 2.39. The molecule has 1 aromatic rings. The second-order valence-corrected chi connectivity index (χ2v) is 5.50. The summed E-state index contributed by atoms with van der Waals surface area (Å²) < 4.78 is 0. The number of amides is 2. The van der Waals surface area contributed by atoms with Crippen molar-refractivity contribution in [2.45, 2.75) is 38.6 Å². The summed E-state index contributed by atoms with van der Waals surface area (Å²) in [5.74, 6) is 0.146. The summed E-state index contributed by atoms with van der Waals surface area (Å²) in [6.45, 7) is 3.51. The Kier molecular flexibility index (Phi) is 3.47. The summed E-state index contributed by atoms with van der Waals surface area (Å²) in [4.78, 5) is 28.6. The van der Waals surface area contributed by atoms with E-state index in [2.05, 4.69) is 0 Å². The number of benzene rings is 1. The van der Waals surface area contributed by atoms with Crippen LogP contribution < -0.4 is 4.90 Å². The molecule has 1 fully saturated rings. The summed E-state index contributed by atoms with van der Waals surface area (Å²) in [7, 11) is 0. The lowest BCUT2D eigenvalue weighted by Crippen LogP contribution is -2.48. The van der Waals surface area contributed by atoms with Gasteiger partial charge in [-0.25, -0.2) is 0 Å². The fraction of sp³-hybridized carbons (Fsp3) is 0.500. The van der Waals surface area contributed by atoms with Crippen LogP contribution in [0.25, 0.3) is 0 Å². The van der Waals surface area contributed by atoms with E-state index in [4.69, 9.17) is 0 Å². The fourth-order valence-corrected chi connectivity index (χ4v) is 3.21. The highest BCUT2D eigenvalue weighted by molar-refractivity contribution is 6.03. The van der Waals surface area contributed by atoms with Gasteiger partial charge in [0.1, 0.15) is 6.04 Å². The third kappa shape index (κ3) is 2.09. The quantitative estimate of drug-likeness (QED) is 0.826. The summed E-state index contributed by atoms with van der Waals surface area (Å²) >= 11 is 0. The van der Waals surface area contributed by atoms with Crippen molar-refractivity contribution in [2.75, 3.05) is 18.0 Å². The molecule has 2 amide bonds. The molecule has 0 spiro atoms. The number of hydrogen-bond acceptors (Lipinski definition) is 2. The predicted octanol–water partition coefficient (Wildman–Crippen LogP) is 1.98.